The molecule has 37 heavy (non-hydrogen) atoms. The first-order chi connectivity index (χ1) is 18.2. The molecule has 0 amide bonds. The molecule has 1 aliphatic rings. The lowest BCUT2D eigenvalue weighted by Gasteiger charge is -2.36. The van der Waals surface area contributed by atoms with E-state index in [-0.39, 0.29) is 17.7 Å². The second kappa shape index (κ2) is 8.71. The van der Waals surface area contributed by atoms with E-state index in [2.05, 4.69) is 81.5 Å². The lowest BCUT2D eigenvalue weighted by Crippen LogP contribution is -2.35. The number of tetrazole rings is 2. The van der Waals surface area contributed by atoms with Crippen molar-refractivity contribution in [3.05, 3.63) is 94.9 Å². The summed E-state index contributed by atoms with van der Waals surface area (Å²) in [7, 11) is 0. The van der Waals surface area contributed by atoms with Gasteiger partial charge in [-0.25, -0.2) is 4.39 Å². The zero-order valence-corrected chi connectivity index (χ0v) is 19.6. The predicted molar refractivity (Wildman–Crippen MR) is 133 cm³/mol. The molecular formula is C26H21FN10. The standard InChI is InChI=1S/C26H21FN10/c27-21-9-8-15(12-20(21)26-31-35-36-32-26)14-37-11-10-19-18-6-1-2-7-22(18)28-23(19)24(37)16-4-3-5-17(13-16)25-29-33-34-30-25/h1-9,12-13,24,28H,10-11,14H2,(H,29,30,33,34)(H,31,32,35,36). The maximum atomic E-state index is 14.6. The van der Waals surface area contributed by atoms with Crippen LogP contribution in [0, 0.1) is 5.82 Å². The minimum Gasteiger partial charge on any atom is -0.357 e. The zero-order chi connectivity index (χ0) is 24.8. The van der Waals surface area contributed by atoms with Crippen LogP contribution in [0.3, 0.4) is 0 Å². The van der Waals surface area contributed by atoms with Gasteiger partial charge in [-0.1, -0.05) is 42.5 Å². The molecule has 0 fully saturated rings. The second-order valence-corrected chi connectivity index (χ2v) is 9.10. The number of nitrogens with zero attached hydrogens (tertiary/aromatic N) is 7. The van der Waals surface area contributed by atoms with Crippen LogP contribution in [0.2, 0.25) is 0 Å². The minimum absolute atomic E-state index is 0.0540. The normalized spacial score (nSPS) is 15.8. The van der Waals surface area contributed by atoms with E-state index in [4.69, 9.17) is 0 Å². The van der Waals surface area contributed by atoms with E-state index in [0.29, 0.717) is 17.9 Å². The van der Waals surface area contributed by atoms with E-state index >= 15 is 0 Å². The van der Waals surface area contributed by atoms with Gasteiger partial charge >= 0.3 is 0 Å². The third kappa shape index (κ3) is 3.76. The Labute approximate surface area is 209 Å². The molecule has 3 aromatic carbocycles. The summed E-state index contributed by atoms with van der Waals surface area (Å²) in [6.45, 7) is 1.44. The maximum Gasteiger partial charge on any atom is 0.207 e. The van der Waals surface area contributed by atoms with Crippen molar-refractivity contribution in [2.45, 2.75) is 19.0 Å². The molecule has 0 aliphatic carbocycles. The molecule has 0 spiro atoms. The van der Waals surface area contributed by atoms with Crippen LogP contribution in [0.25, 0.3) is 33.7 Å². The number of hydrogen-bond donors (Lipinski definition) is 3. The van der Waals surface area contributed by atoms with Crippen molar-refractivity contribution >= 4 is 10.9 Å². The smallest absolute Gasteiger partial charge is 0.207 e. The highest BCUT2D eigenvalue weighted by atomic mass is 19.1. The summed E-state index contributed by atoms with van der Waals surface area (Å²) < 4.78 is 14.6. The number of nitrogens with one attached hydrogen (secondary N) is 3. The van der Waals surface area contributed by atoms with Gasteiger partial charge in [0.2, 0.25) is 11.6 Å². The number of para-hydroxylation sites is 1. The Morgan fingerprint density at radius 3 is 2.57 bits per heavy atom. The van der Waals surface area contributed by atoms with Crippen molar-refractivity contribution in [2.75, 3.05) is 6.54 Å². The Bertz CT molecular complexity index is 1690. The molecule has 10 nitrogen and oxygen atoms in total. The fourth-order valence-corrected chi connectivity index (χ4v) is 5.32. The van der Waals surface area contributed by atoms with Crippen LogP contribution in [0.1, 0.15) is 28.4 Å². The Balaban J connectivity index is 1.32. The van der Waals surface area contributed by atoms with E-state index in [1.54, 1.807) is 6.07 Å². The van der Waals surface area contributed by atoms with Crippen LogP contribution in [-0.2, 0) is 13.0 Å². The van der Waals surface area contributed by atoms with E-state index in [9.17, 15) is 4.39 Å². The van der Waals surface area contributed by atoms with Gasteiger partial charge in [0.25, 0.3) is 0 Å². The van der Waals surface area contributed by atoms with Gasteiger partial charge in [0.05, 0.1) is 11.6 Å². The third-order valence-electron chi connectivity index (χ3n) is 6.94. The van der Waals surface area contributed by atoms with Gasteiger partial charge in [-0.2, -0.15) is 10.4 Å². The van der Waals surface area contributed by atoms with Gasteiger partial charge in [-0.05, 0) is 57.8 Å². The molecule has 0 bridgehead atoms. The largest absolute Gasteiger partial charge is 0.357 e. The quantitative estimate of drug-likeness (QED) is 0.334. The van der Waals surface area contributed by atoms with Gasteiger partial charge in [-0.3, -0.25) is 4.90 Å². The predicted octanol–water partition coefficient (Wildman–Crippen LogP) is 3.81. The molecule has 0 radical (unpaired) electrons. The SMILES string of the molecule is Fc1ccc(CN2CCc3c([nH]c4ccccc34)C2c2cccc(-c3nn[nH]n3)c2)cc1-c1nn[nH]n1. The molecule has 1 atom stereocenters. The fraction of sp³-hybridized carbons (Fsp3) is 0.154. The van der Waals surface area contributed by atoms with Crippen molar-refractivity contribution < 1.29 is 4.39 Å². The number of fused-ring (bicyclic) bond motifs is 3. The number of benzene rings is 3. The Morgan fingerprint density at radius 2 is 1.73 bits per heavy atom. The fourth-order valence-electron chi connectivity index (χ4n) is 5.32. The molecule has 11 heteroatoms. The average molecular weight is 493 g/mol. The van der Waals surface area contributed by atoms with Gasteiger partial charge < -0.3 is 4.98 Å². The average Bonchev–Trinajstić information content (AvgIpc) is 3.71. The van der Waals surface area contributed by atoms with Crippen LogP contribution < -0.4 is 0 Å². The molecule has 1 aliphatic heterocycles. The highest BCUT2D eigenvalue weighted by Gasteiger charge is 2.32. The van der Waals surface area contributed by atoms with Gasteiger partial charge in [0.1, 0.15) is 5.82 Å². The summed E-state index contributed by atoms with van der Waals surface area (Å²) in [4.78, 5) is 6.10. The number of aromatic amines is 3. The molecule has 3 N–H and O–H groups in total. The summed E-state index contributed by atoms with van der Waals surface area (Å²) in [5.41, 5.74) is 6.89. The Kier molecular flexibility index (Phi) is 5.07. The molecule has 3 aromatic heterocycles. The Hall–Kier alpha value is -4.77. The molecule has 6 aromatic rings. The molecule has 0 saturated heterocycles. The molecule has 1 unspecified atom stereocenters. The summed E-state index contributed by atoms with van der Waals surface area (Å²) in [5, 5.41) is 29.7. The van der Waals surface area contributed by atoms with E-state index < -0.39 is 0 Å². The van der Waals surface area contributed by atoms with Crippen molar-refractivity contribution in [1.29, 1.82) is 0 Å². The van der Waals surface area contributed by atoms with E-state index in [0.717, 1.165) is 35.2 Å². The number of aromatic nitrogens is 9. The van der Waals surface area contributed by atoms with Crippen molar-refractivity contribution in [2.24, 2.45) is 0 Å². The number of hydrogen-bond acceptors (Lipinski definition) is 7. The van der Waals surface area contributed by atoms with Gasteiger partial charge in [0, 0.05) is 35.2 Å². The number of H-pyrrole nitrogens is 3. The molecule has 0 saturated carbocycles. The van der Waals surface area contributed by atoms with Gasteiger partial charge in [-0.15, -0.1) is 20.4 Å². The van der Waals surface area contributed by atoms with E-state index in [1.807, 2.05) is 24.3 Å². The highest BCUT2D eigenvalue weighted by molar-refractivity contribution is 5.85. The summed E-state index contributed by atoms with van der Waals surface area (Å²) >= 11 is 0. The first-order valence-corrected chi connectivity index (χ1v) is 11.9. The third-order valence-corrected chi connectivity index (χ3v) is 6.94. The maximum absolute atomic E-state index is 14.6. The number of halogens is 1. The lowest BCUT2D eigenvalue weighted by molar-refractivity contribution is 0.202. The summed E-state index contributed by atoms with van der Waals surface area (Å²) in [6.07, 6.45) is 0.902. The molecule has 4 heterocycles. The lowest BCUT2D eigenvalue weighted by atomic mass is 9.91. The van der Waals surface area contributed by atoms with Crippen molar-refractivity contribution in [1.82, 2.24) is 51.1 Å². The first kappa shape index (κ1) is 21.5. The summed E-state index contributed by atoms with van der Waals surface area (Å²) in [6, 6.07) is 21.7. The number of rotatable bonds is 5. The van der Waals surface area contributed by atoms with Crippen LogP contribution >= 0.6 is 0 Å². The first-order valence-electron chi connectivity index (χ1n) is 11.9. The van der Waals surface area contributed by atoms with E-state index in [1.165, 1.54) is 22.7 Å². The van der Waals surface area contributed by atoms with Crippen molar-refractivity contribution in [3.63, 3.8) is 0 Å². The highest BCUT2D eigenvalue weighted by Crippen LogP contribution is 2.40. The summed E-state index contributed by atoms with van der Waals surface area (Å²) in [5.74, 6) is 0.399. The zero-order valence-electron chi connectivity index (χ0n) is 19.6. The van der Waals surface area contributed by atoms with Crippen molar-refractivity contribution in [3.8, 4) is 22.8 Å². The molecular weight excluding hydrogens is 471 g/mol. The van der Waals surface area contributed by atoms with Gasteiger partial charge in [0.15, 0.2) is 0 Å². The van der Waals surface area contributed by atoms with Crippen LogP contribution in [0.5, 0.6) is 0 Å². The molecule has 7 rings (SSSR count). The monoisotopic (exact) mass is 492 g/mol. The van der Waals surface area contributed by atoms with Crippen LogP contribution in [0.15, 0.2) is 66.7 Å². The van der Waals surface area contributed by atoms with Crippen LogP contribution in [0.4, 0.5) is 4.39 Å². The minimum atomic E-state index is -0.383. The molecule has 182 valence electrons. The Morgan fingerprint density at radius 1 is 0.892 bits per heavy atom. The topological polar surface area (TPSA) is 128 Å². The van der Waals surface area contributed by atoms with Crippen LogP contribution in [-0.4, -0.2) is 57.7 Å². The second-order valence-electron chi connectivity index (χ2n) is 9.10.